The molecule has 0 saturated carbocycles. The van der Waals surface area contributed by atoms with E-state index in [0.29, 0.717) is 11.3 Å². The monoisotopic (exact) mass is 332 g/mol. The normalized spacial score (nSPS) is 15.0. The highest BCUT2D eigenvalue weighted by Crippen LogP contribution is 2.28. The zero-order valence-electron chi connectivity index (χ0n) is 13.6. The number of barbiturate groups is 1. The van der Waals surface area contributed by atoms with Crippen molar-refractivity contribution in [3.8, 4) is 0 Å². The van der Waals surface area contributed by atoms with Crippen LogP contribution in [0.1, 0.15) is 5.56 Å². The van der Waals surface area contributed by atoms with Crippen molar-refractivity contribution in [2.45, 2.75) is 0 Å². The first-order chi connectivity index (χ1) is 11.1. The Balaban J connectivity index is 2.57. The Morgan fingerprint density at radius 3 is 2.08 bits per heavy atom. The standard InChI is InChI=1S/C15H16N4O5/c1-16(2)12-8-10(19(23)24)6-5-9(12)7-11-13(20)17(3)15(22)18(4)14(11)21/h5-8H,1-4H3. The number of carbonyl (C=O) groups excluding carboxylic acids is 3. The third kappa shape index (κ3) is 2.83. The van der Waals surface area contributed by atoms with Crippen LogP contribution in [0.4, 0.5) is 16.2 Å². The quantitative estimate of drug-likeness (QED) is 0.355. The van der Waals surface area contributed by atoms with Gasteiger partial charge in [-0.25, -0.2) is 4.79 Å². The van der Waals surface area contributed by atoms with Crippen LogP contribution in [0, 0.1) is 10.1 Å². The van der Waals surface area contributed by atoms with Crippen molar-refractivity contribution >= 4 is 35.3 Å². The molecule has 1 aromatic carbocycles. The zero-order valence-corrected chi connectivity index (χ0v) is 13.6. The van der Waals surface area contributed by atoms with Crippen LogP contribution in [0.2, 0.25) is 0 Å². The second-order valence-electron chi connectivity index (χ2n) is 5.46. The van der Waals surface area contributed by atoms with Crippen molar-refractivity contribution < 1.29 is 19.3 Å². The van der Waals surface area contributed by atoms with Crippen LogP contribution in [0.25, 0.3) is 6.08 Å². The number of hydrogen-bond acceptors (Lipinski definition) is 6. The number of imide groups is 2. The molecule has 0 spiro atoms. The molecule has 1 heterocycles. The topological polar surface area (TPSA) is 104 Å². The molecular weight excluding hydrogens is 316 g/mol. The summed E-state index contributed by atoms with van der Waals surface area (Å²) in [6.45, 7) is 0. The smallest absolute Gasteiger partial charge is 0.333 e. The number of amides is 4. The number of carbonyl (C=O) groups is 3. The molecule has 1 aliphatic rings. The fraction of sp³-hybridized carbons (Fsp3) is 0.267. The van der Waals surface area contributed by atoms with Crippen molar-refractivity contribution in [3.63, 3.8) is 0 Å². The van der Waals surface area contributed by atoms with E-state index < -0.39 is 22.8 Å². The van der Waals surface area contributed by atoms with E-state index in [1.54, 1.807) is 19.0 Å². The van der Waals surface area contributed by atoms with Gasteiger partial charge in [0.05, 0.1) is 10.6 Å². The average molecular weight is 332 g/mol. The van der Waals surface area contributed by atoms with Gasteiger partial charge in [0.25, 0.3) is 17.5 Å². The van der Waals surface area contributed by atoms with E-state index in [2.05, 4.69) is 0 Å². The van der Waals surface area contributed by atoms with E-state index in [1.807, 2.05) is 0 Å². The number of anilines is 1. The van der Waals surface area contributed by atoms with Crippen LogP contribution in [0.3, 0.4) is 0 Å². The summed E-state index contributed by atoms with van der Waals surface area (Å²) in [5, 5.41) is 10.9. The lowest BCUT2D eigenvalue weighted by Gasteiger charge is -2.29. The van der Waals surface area contributed by atoms with Crippen LogP contribution < -0.4 is 4.90 Å². The molecule has 9 heteroatoms. The SMILES string of the molecule is CN1C(=O)C(=Cc2ccc([N+](=O)[O-])cc2N(C)C)C(=O)N(C)C1=O. The van der Waals surface area contributed by atoms with Gasteiger partial charge in [-0.3, -0.25) is 29.5 Å². The Kier molecular flexibility index (Phi) is 4.36. The van der Waals surface area contributed by atoms with Crippen molar-refractivity contribution in [2.24, 2.45) is 0 Å². The highest BCUT2D eigenvalue weighted by Gasteiger charge is 2.37. The van der Waals surface area contributed by atoms with Gasteiger partial charge in [0.1, 0.15) is 5.57 Å². The number of rotatable bonds is 3. The summed E-state index contributed by atoms with van der Waals surface area (Å²) < 4.78 is 0. The second kappa shape index (κ2) is 6.11. The predicted octanol–water partition coefficient (Wildman–Crippen LogP) is 1.09. The molecule has 0 radical (unpaired) electrons. The van der Waals surface area contributed by atoms with E-state index in [-0.39, 0.29) is 11.3 Å². The minimum atomic E-state index is -0.717. The van der Waals surface area contributed by atoms with Gasteiger partial charge in [-0.05, 0) is 17.7 Å². The second-order valence-corrected chi connectivity index (χ2v) is 5.46. The number of urea groups is 1. The van der Waals surface area contributed by atoms with Crippen molar-refractivity contribution in [1.82, 2.24) is 9.80 Å². The predicted molar refractivity (Wildman–Crippen MR) is 86.3 cm³/mol. The molecule has 0 aromatic heterocycles. The van der Waals surface area contributed by atoms with Gasteiger partial charge < -0.3 is 4.90 Å². The van der Waals surface area contributed by atoms with Gasteiger partial charge in [0, 0.05) is 40.3 Å². The first-order valence-electron chi connectivity index (χ1n) is 6.92. The molecule has 24 heavy (non-hydrogen) atoms. The Morgan fingerprint density at radius 2 is 1.62 bits per heavy atom. The number of nitro groups is 1. The average Bonchev–Trinajstić information content (AvgIpc) is 2.54. The van der Waals surface area contributed by atoms with Gasteiger partial charge >= 0.3 is 6.03 Å². The summed E-state index contributed by atoms with van der Waals surface area (Å²) in [6.07, 6.45) is 1.34. The van der Waals surface area contributed by atoms with Gasteiger partial charge in [-0.1, -0.05) is 0 Å². The van der Waals surface area contributed by atoms with E-state index in [4.69, 9.17) is 0 Å². The molecule has 9 nitrogen and oxygen atoms in total. The molecule has 1 aromatic rings. The molecule has 1 aliphatic heterocycles. The van der Waals surface area contributed by atoms with Crippen LogP contribution in [0.15, 0.2) is 23.8 Å². The number of nitrogens with zero attached hydrogens (tertiary/aromatic N) is 4. The van der Waals surface area contributed by atoms with Crippen molar-refractivity contribution in [2.75, 3.05) is 33.1 Å². The van der Waals surface area contributed by atoms with E-state index in [0.717, 1.165) is 9.80 Å². The fourth-order valence-corrected chi connectivity index (χ4v) is 2.29. The van der Waals surface area contributed by atoms with E-state index in [1.165, 1.54) is 38.4 Å². The molecular formula is C15H16N4O5. The van der Waals surface area contributed by atoms with E-state index in [9.17, 15) is 24.5 Å². The number of hydrogen-bond donors (Lipinski definition) is 0. The third-order valence-corrected chi connectivity index (χ3v) is 3.65. The summed E-state index contributed by atoms with van der Waals surface area (Å²) in [6, 6.07) is 3.38. The Bertz CT molecular complexity index is 758. The highest BCUT2D eigenvalue weighted by molar-refractivity contribution is 6.30. The van der Waals surface area contributed by atoms with Crippen molar-refractivity contribution in [1.29, 1.82) is 0 Å². The van der Waals surface area contributed by atoms with Gasteiger partial charge in [0.2, 0.25) is 0 Å². The van der Waals surface area contributed by atoms with Gasteiger partial charge in [0.15, 0.2) is 0 Å². The summed E-state index contributed by atoms with van der Waals surface area (Å²) in [5.74, 6) is -1.43. The minimum Gasteiger partial charge on any atom is -0.377 e. The summed E-state index contributed by atoms with van der Waals surface area (Å²) >= 11 is 0. The van der Waals surface area contributed by atoms with Crippen molar-refractivity contribution in [3.05, 3.63) is 39.4 Å². The van der Waals surface area contributed by atoms with Crippen LogP contribution in [-0.2, 0) is 9.59 Å². The number of nitro benzene ring substituents is 1. The molecule has 4 amide bonds. The molecule has 1 saturated heterocycles. The van der Waals surface area contributed by atoms with Crippen LogP contribution in [-0.4, -0.2) is 60.8 Å². The minimum absolute atomic E-state index is 0.105. The number of likely N-dealkylation sites (N-methyl/N-ethyl adjacent to an activating group) is 2. The van der Waals surface area contributed by atoms with Crippen LogP contribution >= 0.6 is 0 Å². The molecule has 2 rings (SSSR count). The lowest BCUT2D eigenvalue weighted by molar-refractivity contribution is -0.384. The molecule has 0 atom stereocenters. The largest absolute Gasteiger partial charge is 0.377 e. The maximum absolute atomic E-state index is 12.2. The third-order valence-electron chi connectivity index (χ3n) is 3.65. The number of non-ortho nitro benzene ring substituents is 1. The molecule has 0 aliphatic carbocycles. The Labute approximate surface area is 137 Å². The summed E-state index contributed by atoms with van der Waals surface area (Å²) in [7, 11) is 5.94. The summed E-state index contributed by atoms with van der Waals surface area (Å²) in [5.41, 5.74) is 0.640. The lowest BCUT2D eigenvalue weighted by Crippen LogP contribution is -2.52. The van der Waals surface area contributed by atoms with E-state index >= 15 is 0 Å². The van der Waals surface area contributed by atoms with Crippen LogP contribution in [0.5, 0.6) is 0 Å². The highest BCUT2D eigenvalue weighted by atomic mass is 16.6. The molecule has 126 valence electrons. The summed E-state index contributed by atoms with van der Waals surface area (Å²) in [4.78, 5) is 49.9. The Hall–Kier alpha value is -3.23. The first kappa shape index (κ1) is 17.1. The maximum atomic E-state index is 12.2. The lowest BCUT2D eigenvalue weighted by atomic mass is 10.0. The zero-order chi connectivity index (χ0) is 18.2. The van der Waals surface area contributed by atoms with Gasteiger partial charge in [-0.15, -0.1) is 0 Å². The molecule has 0 N–H and O–H groups in total. The Morgan fingerprint density at radius 1 is 1.08 bits per heavy atom. The fourth-order valence-electron chi connectivity index (χ4n) is 2.29. The maximum Gasteiger partial charge on any atom is 0.333 e. The molecule has 1 fully saturated rings. The number of benzene rings is 1. The van der Waals surface area contributed by atoms with Gasteiger partial charge in [-0.2, -0.15) is 0 Å². The molecule has 0 bridgehead atoms. The molecule has 0 unspecified atom stereocenters. The first-order valence-corrected chi connectivity index (χ1v) is 6.92.